The molecule has 40 heavy (non-hydrogen) atoms. The number of carbonyl (C=O) groups excluding carboxylic acids is 2. The molecule has 0 radical (unpaired) electrons. The van der Waals surface area contributed by atoms with Crippen LogP contribution >= 0.6 is 23.2 Å². The van der Waals surface area contributed by atoms with Crippen molar-refractivity contribution in [2.75, 3.05) is 37.4 Å². The highest BCUT2D eigenvalue weighted by Crippen LogP contribution is 2.35. The average Bonchev–Trinajstić information content (AvgIpc) is 3.30. The Hall–Kier alpha value is -3.52. The van der Waals surface area contributed by atoms with E-state index in [9.17, 15) is 9.59 Å². The van der Waals surface area contributed by atoms with Gasteiger partial charge in [-0.3, -0.25) is 4.79 Å². The first-order chi connectivity index (χ1) is 19.1. The summed E-state index contributed by atoms with van der Waals surface area (Å²) in [5, 5.41) is 8.10. The zero-order valence-electron chi connectivity index (χ0n) is 22.8. The third-order valence-electron chi connectivity index (χ3n) is 7.33. The molecule has 3 N–H and O–H groups in total. The van der Waals surface area contributed by atoms with Crippen LogP contribution in [0.5, 0.6) is 0 Å². The van der Waals surface area contributed by atoms with Crippen molar-refractivity contribution in [3.63, 3.8) is 0 Å². The molecule has 0 spiro atoms. The van der Waals surface area contributed by atoms with E-state index in [-0.39, 0.29) is 11.8 Å². The Kier molecular flexibility index (Phi) is 8.08. The predicted molar refractivity (Wildman–Crippen MR) is 164 cm³/mol. The van der Waals surface area contributed by atoms with Crippen molar-refractivity contribution in [1.29, 1.82) is 0 Å². The van der Waals surface area contributed by atoms with Gasteiger partial charge in [0.15, 0.2) is 0 Å². The summed E-state index contributed by atoms with van der Waals surface area (Å²) in [6, 6.07) is 20.0. The lowest BCUT2D eigenvalue weighted by molar-refractivity contribution is -0.124. The third-order valence-corrected chi connectivity index (χ3v) is 7.82. The molecule has 0 fully saturated rings. The molecule has 0 bridgehead atoms. The molecule has 1 aliphatic heterocycles. The molecular weight excluding hydrogens is 545 g/mol. The van der Waals surface area contributed by atoms with Gasteiger partial charge in [-0.15, -0.1) is 0 Å². The van der Waals surface area contributed by atoms with Gasteiger partial charge in [0.1, 0.15) is 5.54 Å². The number of nitrogens with one attached hydrogen (secondary N) is 3. The predicted octanol–water partition coefficient (Wildman–Crippen LogP) is 6.36. The van der Waals surface area contributed by atoms with Gasteiger partial charge in [-0.25, -0.2) is 4.79 Å². The summed E-state index contributed by atoms with van der Waals surface area (Å²) < 4.78 is 0. The van der Waals surface area contributed by atoms with E-state index >= 15 is 0 Å². The number of para-hydroxylation sites is 1. The maximum absolute atomic E-state index is 14.6. The Bertz CT molecular complexity index is 1530. The average molecular weight is 579 g/mol. The number of halogens is 2. The molecule has 2 atom stereocenters. The maximum Gasteiger partial charge on any atom is 0.320 e. The second-order valence-electron chi connectivity index (χ2n) is 11.0. The molecule has 1 aliphatic rings. The minimum absolute atomic E-state index is 0.184. The Labute approximate surface area is 244 Å². The van der Waals surface area contributed by atoms with Crippen LogP contribution < -0.4 is 15.5 Å². The largest absolute Gasteiger partial charge is 0.361 e. The quantitative estimate of drug-likeness (QED) is 0.239. The minimum atomic E-state index is -1.27. The number of hydrogen-bond acceptors (Lipinski definition) is 3. The number of rotatable bonds is 7. The Morgan fingerprint density at radius 2 is 1.77 bits per heavy atom. The Morgan fingerprint density at radius 3 is 2.52 bits per heavy atom. The normalized spacial score (nSPS) is 16.4. The first kappa shape index (κ1) is 28.0. The summed E-state index contributed by atoms with van der Waals surface area (Å²) in [7, 11) is 4.06. The molecule has 7 nitrogen and oxygen atoms in total. The molecule has 3 aromatic carbocycles. The molecule has 9 heteroatoms. The summed E-state index contributed by atoms with van der Waals surface area (Å²) in [5.41, 5.74) is 3.08. The zero-order valence-corrected chi connectivity index (χ0v) is 24.3. The molecule has 0 saturated heterocycles. The number of H-pyrrole nitrogens is 1. The number of nitrogens with zero attached hydrogens (tertiary/aromatic N) is 2. The number of amides is 3. The van der Waals surface area contributed by atoms with Crippen molar-refractivity contribution in [3.05, 3.63) is 94.1 Å². The summed E-state index contributed by atoms with van der Waals surface area (Å²) in [5.74, 6) is 0.0289. The third kappa shape index (κ3) is 6.12. The van der Waals surface area contributed by atoms with Gasteiger partial charge in [0.25, 0.3) is 5.91 Å². The topological polar surface area (TPSA) is 80.5 Å². The zero-order chi connectivity index (χ0) is 28.4. The van der Waals surface area contributed by atoms with Crippen LogP contribution in [0.2, 0.25) is 10.0 Å². The Morgan fingerprint density at radius 1 is 1.05 bits per heavy atom. The molecular formula is C31H33Cl2N5O2. The highest BCUT2D eigenvalue weighted by molar-refractivity contribution is 6.31. The number of fused-ring (bicyclic) bond motifs is 2. The van der Waals surface area contributed by atoms with Crippen molar-refractivity contribution in [1.82, 2.24) is 15.2 Å². The molecule has 0 saturated carbocycles. The SMILES string of the molecule is CN(C)C[C@H]1Cc2cc(Cl)ccc2N(C(=O)C(C)(Cc2c[nH]c3ccccc23)NC(=O)Nc2ccc(Cl)cc2)C1. The Balaban J connectivity index is 1.51. The van der Waals surface area contributed by atoms with Gasteiger partial charge in [0, 0.05) is 58.0 Å². The van der Waals surface area contributed by atoms with Crippen LogP contribution in [0.1, 0.15) is 18.1 Å². The summed E-state index contributed by atoms with van der Waals surface area (Å²) in [6.07, 6.45) is 3.02. The molecule has 3 amide bonds. The van der Waals surface area contributed by atoms with Crippen molar-refractivity contribution in [2.45, 2.75) is 25.3 Å². The fourth-order valence-corrected chi connectivity index (χ4v) is 5.94. The van der Waals surface area contributed by atoms with E-state index in [1.54, 1.807) is 31.2 Å². The number of aromatic amines is 1. The first-order valence-corrected chi connectivity index (χ1v) is 14.0. The molecule has 2 heterocycles. The van der Waals surface area contributed by atoms with E-state index in [0.717, 1.165) is 40.7 Å². The van der Waals surface area contributed by atoms with Crippen LogP contribution in [-0.2, 0) is 17.6 Å². The van der Waals surface area contributed by atoms with Crippen molar-refractivity contribution < 1.29 is 9.59 Å². The van der Waals surface area contributed by atoms with Gasteiger partial charge < -0.3 is 25.4 Å². The van der Waals surface area contributed by atoms with Crippen LogP contribution in [0.3, 0.4) is 0 Å². The number of hydrogen-bond donors (Lipinski definition) is 3. The fraction of sp³-hybridized carbons (Fsp3) is 0.290. The lowest BCUT2D eigenvalue weighted by Gasteiger charge is -2.41. The highest BCUT2D eigenvalue weighted by Gasteiger charge is 2.42. The monoisotopic (exact) mass is 577 g/mol. The standard InChI is InChI=1S/C31H33Cl2N5O2/c1-31(16-22-17-34-27-7-5-4-6-26(22)27,36-30(40)35-25-11-8-23(32)9-12-25)29(39)38-19-20(18-37(2)3)14-21-15-24(33)10-13-28(21)38/h4-13,15,17,20,34H,14,16,18-19H2,1-3H3,(H2,35,36,40)/t20-,31?/m1/s1. The van der Waals surface area contributed by atoms with Gasteiger partial charge in [-0.05, 0) is 93.0 Å². The summed E-state index contributed by atoms with van der Waals surface area (Å²) >= 11 is 12.4. The van der Waals surface area contributed by atoms with Gasteiger partial charge in [0.2, 0.25) is 0 Å². The second kappa shape index (κ2) is 11.5. The number of urea groups is 1. The molecule has 0 aliphatic carbocycles. The van der Waals surface area contributed by atoms with Crippen LogP contribution in [-0.4, -0.2) is 54.5 Å². The van der Waals surface area contributed by atoms with E-state index in [1.165, 1.54) is 0 Å². The van der Waals surface area contributed by atoms with E-state index < -0.39 is 11.6 Å². The smallest absolute Gasteiger partial charge is 0.320 e. The van der Waals surface area contributed by atoms with Crippen LogP contribution in [0, 0.1) is 5.92 Å². The van der Waals surface area contributed by atoms with Gasteiger partial charge in [-0.2, -0.15) is 0 Å². The second-order valence-corrected chi connectivity index (χ2v) is 11.8. The number of aromatic nitrogens is 1. The van der Waals surface area contributed by atoms with Crippen molar-refractivity contribution in [3.8, 4) is 0 Å². The van der Waals surface area contributed by atoms with Crippen molar-refractivity contribution >= 4 is 57.4 Å². The molecule has 1 aromatic heterocycles. The molecule has 4 aromatic rings. The molecule has 5 rings (SSSR count). The van der Waals surface area contributed by atoms with E-state index in [2.05, 4.69) is 20.5 Å². The number of benzene rings is 3. The van der Waals surface area contributed by atoms with Crippen LogP contribution in [0.4, 0.5) is 16.2 Å². The van der Waals surface area contributed by atoms with E-state index in [1.807, 2.05) is 67.7 Å². The summed E-state index contributed by atoms with van der Waals surface area (Å²) in [4.78, 5) is 35.2. The van der Waals surface area contributed by atoms with Gasteiger partial charge >= 0.3 is 6.03 Å². The highest BCUT2D eigenvalue weighted by atomic mass is 35.5. The lowest BCUT2D eigenvalue weighted by atomic mass is 9.87. The number of carbonyl (C=O) groups is 2. The van der Waals surface area contributed by atoms with Crippen LogP contribution in [0.25, 0.3) is 10.9 Å². The van der Waals surface area contributed by atoms with Gasteiger partial charge in [-0.1, -0.05) is 41.4 Å². The van der Waals surface area contributed by atoms with Crippen molar-refractivity contribution in [2.24, 2.45) is 5.92 Å². The minimum Gasteiger partial charge on any atom is -0.361 e. The van der Waals surface area contributed by atoms with Gasteiger partial charge in [0.05, 0.1) is 0 Å². The molecule has 208 valence electrons. The maximum atomic E-state index is 14.6. The number of anilines is 2. The van der Waals surface area contributed by atoms with Crippen LogP contribution in [0.15, 0.2) is 72.9 Å². The first-order valence-electron chi connectivity index (χ1n) is 13.3. The molecule has 1 unspecified atom stereocenters. The van der Waals surface area contributed by atoms with E-state index in [4.69, 9.17) is 23.2 Å². The lowest BCUT2D eigenvalue weighted by Crippen LogP contribution is -2.61. The fourth-order valence-electron chi connectivity index (χ4n) is 5.62. The van der Waals surface area contributed by atoms with E-state index in [0.29, 0.717) is 28.7 Å². The summed E-state index contributed by atoms with van der Waals surface area (Å²) in [6.45, 7) is 3.15.